The van der Waals surface area contributed by atoms with E-state index in [1.807, 2.05) is 29.8 Å². The Bertz CT molecular complexity index is 497. The second kappa shape index (κ2) is 4.99. The van der Waals surface area contributed by atoms with Gasteiger partial charge in [-0.1, -0.05) is 22.0 Å². The van der Waals surface area contributed by atoms with Crippen molar-refractivity contribution in [1.29, 1.82) is 0 Å². The van der Waals surface area contributed by atoms with Crippen molar-refractivity contribution in [3.05, 3.63) is 34.6 Å². The summed E-state index contributed by atoms with van der Waals surface area (Å²) in [5, 5.41) is 8.72. The summed E-state index contributed by atoms with van der Waals surface area (Å²) < 4.78 is 2.91. The second-order valence-corrected chi connectivity index (χ2v) is 5.18. The molecule has 2 rings (SSSR count). The normalized spacial score (nSPS) is 10.7. The van der Waals surface area contributed by atoms with Crippen molar-refractivity contribution in [2.75, 3.05) is 0 Å². The summed E-state index contributed by atoms with van der Waals surface area (Å²) in [5.74, 6) is 0. The lowest BCUT2D eigenvalue weighted by molar-refractivity contribution is 0.788. The largest absolute Gasteiger partial charge is 0.326 e. The highest BCUT2D eigenvalue weighted by Gasteiger charge is 2.05. The summed E-state index contributed by atoms with van der Waals surface area (Å²) in [6.45, 7) is 0.537. The Kier molecular flexibility index (Phi) is 3.63. The van der Waals surface area contributed by atoms with E-state index in [1.165, 1.54) is 0 Å². The van der Waals surface area contributed by atoms with Gasteiger partial charge in [-0.05, 0) is 29.5 Å². The molecule has 16 heavy (non-hydrogen) atoms. The van der Waals surface area contributed by atoms with Crippen LogP contribution in [0.1, 0.15) is 5.56 Å². The molecule has 1 heterocycles. The Hall–Kier alpha value is -0.850. The maximum Gasteiger partial charge on any atom is 0.195 e. The van der Waals surface area contributed by atoms with Gasteiger partial charge < -0.3 is 10.3 Å². The molecule has 2 aromatic rings. The summed E-state index contributed by atoms with van der Waals surface area (Å²) in [4.78, 5) is 1.11. The minimum atomic E-state index is 0.537. The van der Waals surface area contributed by atoms with Gasteiger partial charge in [-0.3, -0.25) is 0 Å². The number of hydrogen-bond acceptors (Lipinski definition) is 4. The van der Waals surface area contributed by atoms with Crippen LogP contribution in [0, 0.1) is 0 Å². The van der Waals surface area contributed by atoms with E-state index in [2.05, 4.69) is 26.1 Å². The summed E-state index contributed by atoms with van der Waals surface area (Å²) in [6.07, 6.45) is 1.69. The third-order valence-electron chi connectivity index (χ3n) is 2.12. The standard InChI is InChI=1S/C10H11BrN4S/c1-15-6-13-14-10(15)16-8-3-2-7(5-12)9(11)4-8/h2-4,6H,5,12H2,1H3. The Morgan fingerprint density at radius 1 is 1.50 bits per heavy atom. The van der Waals surface area contributed by atoms with Gasteiger partial charge >= 0.3 is 0 Å². The molecule has 0 atom stereocenters. The van der Waals surface area contributed by atoms with E-state index in [0.717, 1.165) is 20.1 Å². The average molecular weight is 299 g/mol. The molecule has 4 nitrogen and oxygen atoms in total. The molecule has 0 radical (unpaired) electrons. The molecule has 0 unspecified atom stereocenters. The van der Waals surface area contributed by atoms with Crippen LogP contribution in [0.5, 0.6) is 0 Å². The van der Waals surface area contributed by atoms with Crippen LogP contribution in [-0.4, -0.2) is 14.8 Å². The minimum Gasteiger partial charge on any atom is -0.326 e. The zero-order chi connectivity index (χ0) is 11.5. The van der Waals surface area contributed by atoms with Crippen LogP contribution >= 0.6 is 27.7 Å². The lowest BCUT2D eigenvalue weighted by atomic mass is 10.2. The first-order chi connectivity index (χ1) is 7.70. The van der Waals surface area contributed by atoms with Crippen LogP contribution in [0.4, 0.5) is 0 Å². The second-order valence-electron chi connectivity index (χ2n) is 3.28. The van der Waals surface area contributed by atoms with Crippen molar-refractivity contribution in [3.8, 4) is 0 Å². The highest BCUT2D eigenvalue weighted by molar-refractivity contribution is 9.10. The van der Waals surface area contributed by atoms with Gasteiger partial charge in [0.25, 0.3) is 0 Å². The minimum absolute atomic E-state index is 0.537. The van der Waals surface area contributed by atoms with Gasteiger partial charge in [0.05, 0.1) is 0 Å². The number of nitrogens with zero attached hydrogens (tertiary/aromatic N) is 3. The molecule has 0 saturated heterocycles. The molecule has 0 fully saturated rings. The third-order valence-corrected chi connectivity index (χ3v) is 3.90. The highest BCUT2D eigenvalue weighted by Crippen LogP contribution is 2.29. The first-order valence-corrected chi connectivity index (χ1v) is 6.32. The van der Waals surface area contributed by atoms with Crippen LogP contribution in [0.25, 0.3) is 0 Å². The number of nitrogens with two attached hydrogens (primary N) is 1. The van der Waals surface area contributed by atoms with Crippen molar-refractivity contribution in [2.45, 2.75) is 16.6 Å². The van der Waals surface area contributed by atoms with Gasteiger partial charge in [-0.2, -0.15) is 0 Å². The van der Waals surface area contributed by atoms with Crippen molar-refractivity contribution < 1.29 is 0 Å². The van der Waals surface area contributed by atoms with Crippen molar-refractivity contribution in [2.24, 2.45) is 12.8 Å². The van der Waals surface area contributed by atoms with E-state index in [4.69, 9.17) is 5.73 Å². The number of aromatic nitrogens is 3. The average Bonchev–Trinajstić information content (AvgIpc) is 2.65. The Labute approximate surface area is 106 Å². The molecule has 0 amide bonds. The summed E-state index contributed by atoms with van der Waals surface area (Å²) in [7, 11) is 1.92. The van der Waals surface area contributed by atoms with Crippen molar-refractivity contribution >= 4 is 27.7 Å². The molecular weight excluding hydrogens is 288 g/mol. The monoisotopic (exact) mass is 298 g/mol. The Morgan fingerprint density at radius 3 is 2.88 bits per heavy atom. The van der Waals surface area contributed by atoms with E-state index in [1.54, 1.807) is 18.1 Å². The number of halogens is 1. The van der Waals surface area contributed by atoms with Gasteiger partial charge in [-0.15, -0.1) is 10.2 Å². The van der Waals surface area contributed by atoms with Crippen molar-refractivity contribution in [3.63, 3.8) is 0 Å². The molecule has 1 aromatic carbocycles. The lowest BCUT2D eigenvalue weighted by Crippen LogP contribution is -1.97. The molecule has 2 N–H and O–H groups in total. The van der Waals surface area contributed by atoms with Crippen LogP contribution in [0.3, 0.4) is 0 Å². The van der Waals surface area contributed by atoms with Crippen molar-refractivity contribution in [1.82, 2.24) is 14.8 Å². The number of benzene rings is 1. The molecule has 0 saturated carbocycles. The van der Waals surface area contributed by atoms with Gasteiger partial charge in [-0.25, -0.2) is 0 Å². The molecule has 0 bridgehead atoms. The van der Waals surface area contributed by atoms with Gasteiger partial charge in [0, 0.05) is 23.0 Å². The zero-order valence-corrected chi connectivity index (χ0v) is 11.1. The topological polar surface area (TPSA) is 56.7 Å². The molecule has 0 aliphatic carbocycles. The quantitative estimate of drug-likeness (QED) is 0.944. The van der Waals surface area contributed by atoms with E-state index in [9.17, 15) is 0 Å². The highest BCUT2D eigenvalue weighted by atomic mass is 79.9. The van der Waals surface area contributed by atoms with Crippen LogP contribution in [0.2, 0.25) is 0 Å². The number of aryl methyl sites for hydroxylation is 1. The maximum absolute atomic E-state index is 5.60. The number of hydrogen-bond donors (Lipinski definition) is 1. The fourth-order valence-corrected chi connectivity index (χ4v) is 2.72. The van der Waals surface area contributed by atoms with E-state index < -0.39 is 0 Å². The molecular formula is C10H11BrN4S. The molecule has 6 heteroatoms. The Balaban J connectivity index is 2.23. The number of rotatable bonds is 3. The predicted molar refractivity (Wildman–Crippen MR) is 67.2 cm³/mol. The van der Waals surface area contributed by atoms with Crippen LogP contribution in [-0.2, 0) is 13.6 Å². The third kappa shape index (κ3) is 2.45. The first kappa shape index (κ1) is 11.6. The zero-order valence-electron chi connectivity index (χ0n) is 8.72. The van der Waals surface area contributed by atoms with Gasteiger partial charge in [0.2, 0.25) is 0 Å². The smallest absolute Gasteiger partial charge is 0.195 e. The maximum atomic E-state index is 5.60. The van der Waals surface area contributed by atoms with Crippen LogP contribution in [0.15, 0.2) is 39.1 Å². The van der Waals surface area contributed by atoms with Crippen LogP contribution < -0.4 is 5.73 Å². The van der Waals surface area contributed by atoms with E-state index in [-0.39, 0.29) is 0 Å². The molecule has 0 aliphatic heterocycles. The Morgan fingerprint density at radius 2 is 2.31 bits per heavy atom. The fraction of sp³-hybridized carbons (Fsp3) is 0.200. The fourth-order valence-electron chi connectivity index (χ4n) is 1.23. The molecule has 1 aromatic heterocycles. The molecule has 0 aliphatic rings. The van der Waals surface area contributed by atoms with Gasteiger partial charge in [0.1, 0.15) is 6.33 Å². The summed E-state index contributed by atoms with van der Waals surface area (Å²) >= 11 is 5.07. The summed E-state index contributed by atoms with van der Waals surface area (Å²) in [6, 6.07) is 6.09. The molecule has 84 valence electrons. The predicted octanol–water partition coefficient (Wildman–Crippen LogP) is 2.19. The lowest BCUT2D eigenvalue weighted by Gasteiger charge is -2.04. The summed E-state index contributed by atoms with van der Waals surface area (Å²) in [5.41, 5.74) is 6.70. The molecule has 0 spiro atoms. The SMILES string of the molecule is Cn1cnnc1Sc1ccc(CN)c(Br)c1. The van der Waals surface area contributed by atoms with Gasteiger partial charge in [0.15, 0.2) is 5.16 Å². The van der Waals surface area contributed by atoms with E-state index >= 15 is 0 Å². The first-order valence-electron chi connectivity index (χ1n) is 4.71. The van der Waals surface area contributed by atoms with E-state index in [0.29, 0.717) is 6.54 Å².